The molecule has 0 aromatic heterocycles. The lowest BCUT2D eigenvalue weighted by molar-refractivity contribution is 0.423. The summed E-state index contributed by atoms with van der Waals surface area (Å²) in [6.07, 6.45) is 1.25. The quantitative estimate of drug-likeness (QED) is 0.813. The van der Waals surface area contributed by atoms with Crippen LogP contribution in [-0.2, 0) is 0 Å². The molecule has 1 aliphatic rings. The van der Waals surface area contributed by atoms with Crippen molar-refractivity contribution in [2.24, 2.45) is 11.8 Å². The lowest BCUT2D eigenvalue weighted by Crippen LogP contribution is -2.23. The van der Waals surface area contributed by atoms with Gasteiger partial charge in [-0.2, -0.15) is 0 Å². The largest absolute Gasteiger partial charge is 0.397 e. The number of nitrogens with two attached hydrogens (primary N) is 1. The van der Waals surface area contributed by atoms with Crippen LogP contribution in [0.2, 0.25) is 5.02 Å². The van der Waals surface area contributed by atoms with E-state index in [0.29, 0.717) is 0 Å². The van der Waals surface area contributed by atoms with Crippen molar-refractivity contribution < 1.29 is 0 Å². The average Bonchev–Trinajstić information content (AvgIpc) is 2.73. The van der Waals surface area contributed by atoms with Crippen molar-refractivity contribution in [1.29, 1.82) is 0 Å². The predicted molar refractivity (Wildman–Crippen MR) is 75.8 cm³/mol. The van der Waals surface area contributed by atoms with Gasteiger partial charge in [-0.15, -0.1) is 0 Å². The van der Waals surface area contributed by atoms with Gasteiger partial charge in [0.25, 0.3) is 0 Å². The summed E-state index contributed by atoms with van der Waals surface area (Å²) in [6.45, 7) is 8.83. The zero-order valence-corrected chi connectivity index (χ0v) is 11.6. The Hall–Kier alpha value is -0.890. The van der Waals surface area contributed by atoms with Gasteiger partial charge >= 0.3 is 0 Å². The minimum Gasteiger partial charge on any atom is -0.397 e. The molecule has 0 aliphatic carbocycles. The third-order valence-electron chi connectivity index (χ3n) is 3.88. The number of rotatable bonds is 2. The summed E-state index contributed by atoms with van der Waals surface area (Å²) in [6, 6.07) is 3.79. The molecular formula is C14H21ClN2. The number of halogens is 1. The highest BCUT2D eigenvalue weighted by Gasteiger charge is 2.27. The van der Waals surface area contributed by atoms with Crippen molar-refractivity contribution in [3.8, 4) is 0 Å². The molecule has 2 N–H and O–H groups in total. The molecule has 1 unspecified atom stereocenters. The van der Waals surface area contributed by atoms with Gasteiger partial charge in [0.15, 0.2) is 0 Å². The third kappa shape index (κ3) is 2.37. The molecule has 94 valence electrons. The van der Waals surface area contributed by atoms with Crippen molar-refractivity contribution in [3.63, 3.8) is 0 Å². The Morgan fingerprint density at radius 3 is 2.71 bits per heavy atom. The lowest BCUT2D eigenvalue weighted by atomic mass is 9.95. The number of anilines is 2. The van der Waals surface area contributed by atoms with E-state index in [9.17, 15) is 0 Å². The Kier molecular flexibility index (Phi) is 3.53. The van der Waals surface area contributed by atoms with E-state index in [4.69, 9.17) is 17.3 Å². The monoisotopic (exact) mass is 252 g/mol. The smallest absolute Gasteiger partial charge is 0.0644 e. The van der Waals surface area contributed by atoms with Crippen LogP contribution in [0.3, 0.4) is 0 Å². The molecule has 3 heteroatoms. The Labute approximate surface area is 109 Å². The highest BCUT2D eigenvalue weighted by molar-refractivity contribution is 6.32. The fraction of sp³-hybridized carbons (Fsp3) is 0.571. The van der Waals surface area contributed by atoms with Gasteiger partial charge in [-0.1, -0.05) is 25.4 Å². The number of nitrogens with zero attached hydrogens (tertiary/aromatic N) is 1. The first-order chi connectivity index (χ1) is 8.00. The fourth-order valence-corrected chi connectivity index (χ4v) is 2.80. The van der Waals surface area contributed by atoms with Crippen LogP contribution in [0.4, 0.5) is 11.4 Å². The second kappa shape index (κ2) is 4.77. The number of benzene rings is 1. The summed E-state index contributed by atoms with van der Waals surface area (Å²) in [5.41, 5.74) is 9.18. The maximum atomic E-state index is 6.18. The number of hydrogen-bond donors (Lipinski definition) is 1. The molecule has 1 aromatic carbocycles. The van der Waals surface area contributed by atoms with Crippen molar-refractivity contribution in [2.45, 2.75) is 27.2 Å². The molecule has 0 spiro atoms. The van der Waals surface area contributed by atoms with Crippen LogP contribution >= 0.6 is 11.6 Å². The molecule has 1 aromatic rings. The maximum absolute atomic E-state index is 6.18. The molecule has 1 aliphatic heterocycles. The molecule has 0 bridgehead atoms. The maximum Gasteiger partial charge on any atom is 0.0644 e. The molecule has 1 heterocycles. The highest BCUT2D eigenvalue weighted by atomic mass is 35.5. The van der Waals surface area contributed by atoms with Crippen LogP contribution in [-0.4, -0.2) is 13.1 Å². The van der Waals surface area contributed by atoms with E-state index >= 15 is 0 Å². The molecule has 17 heavy (non-hydrogen) atoms. The van der Waals surface area contributed by atoms with E-state index in [1.165, 1.54) is 6.42 Å². The van der Waals surface area contributed by atoms with Crippen molar-refractivity contribution in [3.05, 3.63) is 22.7 Å². The summed E-state index contributed by atoms with van der Waals surface area (Å²) in [4.78, 5) is 2.39. The first-order valence-corrected chi connectivity index (χ1v) is 6.68. The van der Waals surface area contributed by atoms with Crippen LogP contribution in [0.15, 0.2) is 12.1 Å². The molecule has 0 radical (unpaired) electrons. The van der Waals surface area contributed by atoms with Gasteiger partial charge in [-0.3, -0.25) is 0 Å². The van der Waals surface area contributed by atoms with Gasteiger partial charge in [0.2, 0.25) is 0 Å². The van der Waals surface area contributed by atoms with Gasteiger partial charge in [0.05, 0.1) is 11.4 Å². The number of nitrogen functional groups attached to an aromatic ring is 1. The van der Waals surface area contributed by atoms with E-state index in [1.54, 1.807) is 0 Å². The standard InChI is InChI=1S/C14H21ClN2/c1-9(2)11-6-7-17(8-11)14-10(3)12(15)4-5-13(14)16/h4-5,9,11H,6-8,16H2,1-3H3. The molecular weight excluding hydrogens is 232 g/mol. The normalized spacial score (nSPS) is 20.3. The zero-order valence-electron chi connectivity index (χ0n) is 10.8. The van der Waals surface area contributed by atoms with E-state index in [2.05, 4.69) is 25.7 Å². The Morgan fingerprint density at radius 2 is 2.12 bits per heavy atom. The van der Waals surface area contributed by atoms with Crippen molar-refractivity contribution in [2.75, 3.05) is 23.7 Å². The number of hydrogen-bond acceptors (Lipinski definition) is 2. The van der Waals surface area contributed by atoms with Crippen LogP contribution in [0.1, 0.15) is 25.8 Å². The third-order valence-corrected chi connectivity index (χ3v) is 4.29. The van der Waals surface area contributed by atoms with E-state index in [1.807, 2.05) is 12.1 Å². The first kappa shape index (κ1) is 12.6. The molecule has 2 rings (SSSR count). The first-order valence-electron chi connectivity index (χ1n) is 6.30. The molecule has 0 amide bonds. The lowest BCUT2D eigenvalue weighted by Gasteiger charge is -2.24. The Balaban J connectivity index is 2.27. The second-order valence-electron chi connectivity index (χ2n) is 5.35. The summed E-state index contributed by atoms with van der Waals surface area (Å²) >= 11 is 6.18. The van der Waals surface area contributed by atoms with Crippen LogP contribution < -0.4 is 10.6 Å². The highest BCUT2D eigenvalue weighted by Crippen LogP contribution is 2.36. The topological polar surface area (TPSA) is 29.3 Å². The Bertz CT molecular complexity index is 415. The molecule has 2 nitrogen and oxygen atoms in total. The van der Waals surface area contributed by atoms with Crippen LogP contribution in [0.5, 0.6) is 0 Å². The minimum atomic E-state index is 0.737. The van der Waals surface area contributed by atoms with Crippen LogP contribution in [0, 0.1) is 18.8 Å². The SMILES string of the molecule is Cc1c(Cl)ccc(N)c1N1CCC(C(C)C)C1. The second-order valence-corrected chi connectivity index (χ2v) is 5.76. The van der Waals surface area contributed by atoms with Gasteiger partial charge in [-0.25, -0.2) is 0 Å². The zero-order chi connectivity index (χ0) is 12.6. The van der Waals surface area contributed by atoms with Gasteiger partial charge < -0.3 is 10.6 Å². The minimum absolute atomic E-state index is 0.737. The summed E-state index contributed by atoms with van der Waals surface area (Å²) in [5, 5.41) is 0.808. The molecule has 1 saturated heterocycles. The molecule has 1 fully saturated rings. The predicted octanol–water partition coefficient (Wildman–Crippen LogP) is 3.71. The van der Waals surface area contributed by atoms with Gasteiger partial charge in [0, 0.05) is 18.1 Å². The van der Waals surface area contributed by atoms with Crippen molar-refractivity contribution in [1.82, 2.24) is 0 Å². The van der Waals surface area contributed by atoms with Gasteiger partial charge in [-0.05, 0) is 42.9 Å². The molecule has 1 atom stereocenters. The fourth-order valence-electron chi connectivity index (χ4n) is 2.65. The van der Waals surface area contributed by atoms with Crippen molar-refractivity contribution >= 4 is 23.0 Å². The van der Waals surface area contributed by atoms with E-state index < -0.39 is 0 Å². The summed E-state index contributed by atoms with van der Waals surface area (Å²) < 4.78 is 0. The Morgan fingerprint density at radius 1 is 1.41 bits per heavy atom. The molecule has 0 saturated carbocycles. The summed E-state index contributed by atoms with van der Waals surface area (Å²) in [5.74, 6) is 1.51. The average molecular weight is 253 g/mol. The summed E-state index contributed by atoms with van der Waals surface area (Å²) in [7, 11) is 0. The van der Waals surface area contributed by atoms with E-state index in [-0.39, 0.29) is 0 Å². The van der Waals surface area contributed by atoms with Crippen LogP contribution in [0.25, 0.3) is 0 Å². The van der Waals surface area contributed by atoms with Gasteiger partial charge in [0.1, 0.15) is 0 Å². The van der Waals surface area contributed by atoms with E-state index in [0.717, 1.165) is 46.9 Å².